The summed E-state index contributed by atoms with van der Waals surface area (Å²) < 4.78 is 38.7. The summed E-state index contributed by atoms with van der Waals surface area (Å²) in [6, 6.07) is 9.18. The molecule has 0 aliphatic carbocycles. The van der Waals surface area contributed by atoms with E-state index >= 15 is 0 Å². The van der Waals surface area contributed by atoms with Crippen molar-refractivity contribution in [1.82, 2.24) is 10.2 Å². The Morgan fingerprint density at radius 2 is 1.86 bits per heavy atom. The van der Waals surface area contributed by atoms with Gasteiger partial charge in [-0.1, -0.05) is 18.2 Å². The van der Waals surface area contributed by atoms with E-state index in [1.54, 1.807) is 24.3 Å². The summed E-state index contributed by atoms with van der Waals surface area (Å²) in [4.78, 5) is 3.84. The minimum atomic E-state index is -4.41. The molecular formula is C21H27F3N2OS. The van der Waals surface area contributed by atoms with Crippen molar-refractivity contribution in [2.45, 2.75) is 38.1 Å². The monoisotopic (exact) mass is 412 g/mol. The number of likely N-dealkylation sites (tertiary alicyclic amines) is 1. The van der Waals surface area contributed by atoms with Crippen LogP contribution in [0.25, 0.3) is 0 Å². The number of rotatable bonds is 7. The summed E-state index contributed by atoms with van der Waals surface area (Å²) in [6.45, 7) is 5.65. The van der Waals surface area contributed by atoms with E-state index in [0.717, 1.165) is 51.2 Å². The average molecular weight is 413 g/mol. The number of hydrogen-bond acceptors (Lipinski definition) is 4. The van der Waals surface area contributed by atoms with Crippen LogP contribution in [0.15, 0.2) is 41.8 Å². The lowest BCUT2D eigenvalue weighted by Crippen LogP contribution is -2.41. The number of hydrogen-bond donors (Lipinski definition) is 2. The molecule has 2 aromatic rings. The van der Waals surface area contributed by atoms with Gasteiger partial charge in [0.05, 0.1) is 11.2 Å². The number of thiophene rings is 1. The molecule has 28 heavy (non-hydrogen) atoms. The summed E-state index contributed by atoms with van der Waals surface area (Å²) in [5, 5.41) is 16.0. The predicted molar refractivity (Wildman–Crippen MR) is 106 cm³/mol. The Balaban J connectivity index is 1.44. The van der Waals surface area contributed by atoms with Gasteiger partial charge in [0, 0.05) is 18.0 Å². The molecule has 0 spiro atoms. The van der Waals surface area contributed by atoms with Crippen molar-refractivity contribution in [3.63, 3.8) is 0 Å². The van der Waals surface area contributed by atoms with E-state index < -0.39 is 17.3 Å². The summed E-state index contributed by atoms with van der Waals surface area (Å²) in [5.41, 5.74) is -1.80. The normalized spacial score (nSPS) is 18.9. The van der Waals surface area contributed by atoms with Crippen LogP contribution >= 0.6 is 11.3 Å². The van der Waals surface area contributed by atoms with Gasteiger partial charge in [0.25, 0.3) is 0 Å². The molecule has 1 aliphatic rings. The van der Waals surface area contributed by atoms with Gasteiger partial charge in [0.15, 0.2) is 0 Å². The molecule has 1 aromatic heterocycles. The van der Waals surface area contributed by atoms with E-state index in [2.05, 4.69) is 27.7 Å². The molecule has 154 valence electrons. The Labute approximate surface area is 168 Å². The van der Waals surface area contributed by atoms with Gasteiger partial charge >= 0.3 is 6.18 Å². The van der Waals surface area contributed by atoms with E-state index in [-0.39, 0.29) is 12.1 Å². The van der Waals surface area contributed by atoms with E-state index in [9.17, 15) is 18.3 Å². The van der Waals surface area contributed by atoms with Gasteiger partial charge in [0.1, 0.15) is 0 Å². The zero-order valence-electron chi connectivity index (χ0n) is 16.0. The smallest absolute Gasteiger partial charge is 0.384 e. The van der Waals surface area contributed by atoms with Crippen molar-refractivity contribution in [2.75, 3.05) is 26.2 Å². The van der Waals surface area contributed by atoms with Crippen LogP contribution in [0.4, 0.5) is 13.2 Å². The summed E-state index contributed by atoms with van der Waals surface area (Å²) in [5.74, 6) is 0.525. The van der Waals surface area contributed by atoms with Crippen LogP contribution < -0.4 is 5.32 Å². The van der Waals surface area contributed by atoms with Crippen LogP contribution in [-0.2, 0) is 18.3 Å². The van der Waals surface area contributed by atoms with Crippen LogP contribution in [0.2, 0.25) is 0 Å². The molecule has 0 saturated carbocycles. The quantitative estimate of drug-likeness (QED) is 0.704. The minimum absolute atomic E-state index is 0.226. The van der Waals surface area contributed by atoms with Crippen molar-refractivity contribution in [3.05, 3.63) is 57.8 Å². The average Bonchev–Trinajstić information content (AvgIpc) is 3.15. The van der Waals surface area contributed by atoms with Gasteiger partial charge in [-0.15, -0.1) is 11.3 Å². The zero-order valence-corrected chi connectivity index (χ0v) is 16.8. The van der Waals surface area contributed by atoms with Crippen LogP contribution in [-0.4, -0.2) is 36.2 Å². The first-order chi connectivity index (χ1) is 13.2. The first kappa shape index (κ1) is 21.3. The number of nitrogens with one attached hydrogen (secondary N) is 1. The van der Waals surface area contributed by atoms with Crippen LogP contribution in [0.5, 0.6) is 0 Å². The standard InChI is InChI=1S/C21H27F3N2OS/c1-20(27,17-4-2-5-18(12-17)21(22,23)24)15-25-13-16-7-9-26(10-8-16)14-19-6-3-11-28-19/h2-6,11-12,16,25,27H,7-10,13-15H2,1H3. The first-order valence-corrected chi connectivity index (χ1v) is 10.5. The van der Waals surface area contributed by atoms with Crippen LogP contribution in [0, 0.1) is 5.92 Å². The van der Waals surface area contributed by atoms with Crippen LogP contribution in [0.3, 0.4) is 0 Å². The number of aliphatic hydroxyl groups is 1. The zero-order chi connectivity index (χ0) is 20.2. The molecule has 7 heteroatoms. The molecule has 1 unspecified atom stereocenters. The number of alkyl halides is 3. The van der Waals surface area contributed by atoms with Crippen LogP contribution in [0.1, 0.15) is 35.8 Å². The molecule has 1 fully saturated rings. The first-order valence-electron chi connectivity index (χ1n) is 9.59. The van der Waals surface area contributed by atoms with E-state index in [1.807, 2.05) is 0 Å². The van der Waals surface area contributed by atoms with E-state index in [4.69, 9.17) is 0 Å². The Morgan fingerprint density at radius 3 is 2.50 bits per heavy atom. The van der Waals surface area contributed by atoms with E-state index in [0.29, 0.717) is 5.92 Å². The highest BCUT2D eigenvalue weighted by Gasteiger charge is 2.32. The minimum Gasteiger partial charge on any atom is -0.384 e. The largest absolute Gasteiger partial charge is 0.416 e. The predicted octanol–water partition coefficient (Wildman–Crippen LogP) is 4.48. The summed E-state index contributed by atoms with van der Waals surface area (Å²) in [6.07, 6.45) is -2.23. The third-order valence-corrected chi connectivity index (χ3v) is 6.24. The maximum atomic E-state index is 12.9. The lowest BCUT2D eigenvalue weighted by molar-refractivity contribution is -0.137. The van der Waals surface area contributed by atoms with Crippen molar-refractivity contribution < 1.29 is 18.3 Å². The fourth-order valence-electron chi connectivity index (χ4n) is 3.62. The number of benzene rings is 1. The maximum Gasteiger partial charge on any atom is 0.416 e. The van der Waals surface area contributed by atoms with Gasteiger partial charge in [-0.3, -0.25) is 4.90 Å². The van der Waals surface area contributed by atoms with Gasteiger partial charge < -0.3 is 10.4 Å². The van der Waals surface area contributed by atoms with Gasteiger partial charge in [-0.2, -0.15) is 13.2 Å². The number of halogens is 3. The topological polar surface area (TPSA) is 35.5 Å². The molecule has 1 saturated heterocycles. The molecule has 0 amide bonds. The third-order valence-electron chi connectivity index (χ3n) is 5.38. The SMILES string of the molecule is CC(O)(CNCC1CCN(Cc2cccs2)CC1)c1cccc(C(F)(F)F)c1. The van der Waals surface area contributed by atoms with Crippen molar-refractivity contribution in [3.8, 4) is 0 Å². The molecule has 2 N–H and O–H groups in total. The van der Waals surface area contributed by atoms with Gasteiger partial charge in [-0.25, -0.2) is 0 Å². The molecule has 1 aliphatic heterocycles. The fraction of sp³-hybridized carbons (Fsp3) is 0.524. The maximum absolute atomic E-state index is 12.9. The Kier molecular flexibility index (Phi) is 6.81. The number of piperidine rings is 1. The van der Waals surface area contributed by atoms with Crippen molar-refractivity contribution >= 4 is 11.3 Å². The lowest BCUT2D eigenvalue weighted by atomic mass is 9.93. The molecular weight excluding hydrogens is 385 g/mol. The molecule has 3 rings (SSSR count). The highest BCUT2D eigenvalue weighted by molar-refractivity contribution is 7.09. The second-order valence-electron chi connectivity index (χ2n) is 7.78. The highest BCUT2D eigenvalue weighted by Crippen LogP contribution is 2.32. The second kappa shape index (κ2) is 8.95. The highest BCUT2D eigenvalue weighted by atomic mass is 32.1. The fourth-order valence-corrected chi connectivity index (χ4v) is 4.37. The Morgan fingerprint density at radius 1 is 1.14 bits per heavy atom. The molecule has 0 radical (unpaired) electrons. The molecule has 1 atom stereocenters. The van der Waals surface area contributed by atoms with Crippen molar-refractivity contribution in [2.24, 2.45) is 5.92 Å². The Hall–Kier alpha value is -1.41. The second-order valence-corrected chi connectivity index (χ2v) is 8.81. The van der Waals surface area contributed by atoms with Crippen molar-refractivity contribution in [1.29, 1.82) is 0 Å². The lowest BCUT2D eigenvalue weighted by Gasteiger charge is -2.32. The molecule has 3 nitrogen and oxygen atoms in total. The molecule has 2 heterocycles. The number of nitrogens with zero attached hydrogens (tertiary/aromatic N) is 1. The summed E-state index contributed by atoms with van der Waals surface area (Å²) in [7, 11) is 0. The molecule has 0 bridgehead atoms. The molecule has 1 aromatic carbocycles. The Bertz CT molecular complexity index is 738. The van der Waals surface area contributed by atoms with Gasteiger partial charge in [-0.05, 0) is 74.5 Å². The van der Waals surface area contributed by atoms with E-state index in [1.165, 1.54) is 10.9 Å². The van der Waals surface area contributed by atoms with Gasteiger partial charge in [0.2, 0.25) is 0 Å². The third kappa shape index (κ3) is 5.80. The summed E-state index contributed by atoms with van der Waals surface area (Å²) >= 11 is 1.78.